The Morgan fingerprint density at radius 3 is 2.73 bits per heavy atom. The fourth-order valence-corrected chi connectivity index (χ4v) is 3.54. The molecule has 1 unspecified atom stereocenters. The molecule has 6 heteroatoms. The molecule has 6 nitrogen and oxygen atoms in total. The molecule has 1 aliphatic rings. The second-order valence-corrected chi connectivity index (χ2v) is 6.54. The molecule has 3 aromatic rings. The van der Waals surface area contributed by atoms with Gasteiger partial charge < -0.3 is 10.3 Å². The smallest absolute Gasteiger partial charge is 0.271 e. The van der Waals surface area contributed by atoms with E-state index in [0.29, 0.717) is 30.7 Å². The number of H-pyrrole nitrogens is 1. The summed E-state index contributed by atoms with van der Waals surface area (Å²) in [6.45, 7) is 0.939. The molecular weight excluding hydrogens is 328 g/mol. The van der Waals surface area contributed by atoms with Crippen LogP contribution < -0.4 is 10.9 Å². The Balaban J connectivity index is 1.70. The van der Waals surface area contributed by atoms with E-state index in [1.54, 1.807) is 7.05 Å². The predicted molar refractivity (Wildman–Crippen MR) is 99.6 cm³/mol. The van der Waals surface area contributed by atoms with E-state index < -0.39 is 0 Å². The second-order valence-electron chi connectivity index (χ2n) is 6.54. The van der Waals surface area contributed by atoms with E-state index in [4.69, 9.17) is 0 Å². The lowest BCUT2D eigenvalue weighted by Gasteiger charge is -2.35. The van der Waals surface area contributed by atoms with E-state index in [9.17, 15) is 9.59 Å². The maximum absolute atomic E-state index is 12.5. The van der Waals surface area contributed by atoms with Gasteiger partial charge in [0, 0.05) is 20.1 Å². The average molecular weight is 348 g/mol. The van der Waals surface area contributed by atoms with Gasteiger partial charge in [-0.25, -0.2) is 4.98 Å². The summed E-state index contributed by atoms with van der Waals surface area (Å²) in [4.78, 5) is 34.3. The van der Waals surface area contributed by atoms with Crippen LogP contribution >= 0.6 is 0 Å². The standard InChI is InChI=1S/C20H20N4O2/c1-21-20(26)18-10-13-6-2-3-7-14(13)11-24(18)12-17-19(25)23-16-9-5-4-8-15(16)22-17/h2-9,18H,10-12H2,1H3,(H,21,26)(H,23,25). The van der Waals surface area contributed by atoms with Crippen molar-refractivity contribution in [2.75, 3.05) is 7.05 Å². The Bertz CT molecular complexity index is 1030. The van der Waals surface area contributed by atoms with Gasteiger partial charge in [-0.2, -0.15) is 0 Å². The Labute approximate surface area is 150 Å². The number of aromatic amines is 1. The summed E-state index contributed by atoms with van der Waals surface area (Å²) >= 11 is 0. The highest BCUT2D eigenvalue weighted by molar-refractivity contribution is 5.82. The van der Waals surface area contributed by atoms with Crippen LogP contribution in [0.25, 0.3) is 11.0 Å². The second kappa shape index (κ2) is 6.72. The highest BCUT2D eigenvalue weighted by atomic mass is 16.2. The fourth-order valence-electron chi connectivity index (χ4n) is 3.54. The van der Waals surface area contributed by atoms with Crippen molar-refractivity contribution >= 4 is 16.9 Å². The number of amides is 1. The number of nitrogens with one attached hydrogen (secondary N) is 2. The SMILES string of the molecule is CNC(=O)C1Cc2ccccc2CN1Cc1nc2ccccc2[nH]c1=O. The number of carbonyl (C=O) groups excluding carboxylic acids is 1. The van der Waals surface area contributed by atoms with Crippen molar-refractivity contribution in [3.8, 4) is 0 Å². The molecule has 0 saturated heterocycles. The molecule has 0 fully saturated rings. The zero-order valence-corrected chi connectivity index (χ0v) is 14.5. The van der Waals surface area contributed by atoms with Gasteiger partial charge in [0.2, 0.25) is 5.91 Å². The minimum Gasteiger partial charge on any atom is -0.358 e. The molecular formula is C20H20N4O2. The van der Waals surface area contributed by atoms with Crippen LogP contribution in [0.1, 0.15) is 16.8 Å². The summed E-state index contributed by atoms with van der Waals surface area (Å²) < 4.78 is 0. The summed E-state index contributed by atoms with van der Waals surface area (Å²) in [6, 6.07) is 15.3. The molecule has 0 saturated carbocycles. The molecule has 132 valence electrons. The topological polar surface area (TPSA) is 78.1 Å². The summed E-state index contributed by atoms with van der Waals surface area (Å²) in [5.41, 5.74) is 4.04. The van der Waals surface area contributed by atoms with Gasteiger partial charge in [0.05, 0.1) is 17.1 Å². The summed E-state index contributed by atoms with van der Waals surface area (Å²) in [5.74, 6) is -0.0447. The highest BCUT2D eigenvalue weighted by Crippen LogP contribution is 2.24. The van der Waals surface area contributed by atoms with E-state index in [1.807, 2.05) is 41.3 Å². The van der Waals surface area contributed by atoms with Gasteiger partial charge in [0.25, 0.3) is 5.56 Å². The molecule has 2 aromatic carbocycles. The number of rotatable bonds is 3. The minimum atomic E-state index is -0.317. The molecule has 0 radical (unpaired) electrons. The third-order valence-corrected chi connectivity index (χ3v) is 4.92. The van der Waals surface area contributed by atoms with Gasteiger partial charge in [0.15, 0.2) is 0 Å². The summed E-state index contributed by atoms with van der Waals surface area (Å²) in [5, 5.41) is 2.74. The van der Waals surface area contributed by atoms with Crippen molar-refractivity contribution in [2.24, 2.45) is 0 Å². The first kappa shape index (κ1) is 16.5. The number of para-hydroxylation sites is 2. The Morgan fingerprint density at radius 2 is 1.92 bits per heavy atom. The number of carbonyl (C=O) groups is 1. The van der Waals surface area contributed by atoms with Crippen molar-refractivity contribution in [1.29, 1.82) is 0 Å². The Morgan fingerprint density at radius 1 is 1.19 bits per heavy atom. The first-order valence-corrected chi connectivity index (χ1v) is 8.66. The van der Waals surface area contributed by atoms with Gasteiger partial charge in [-0.15, -0.1) is 0 Å². The first-order valence-electron chi connectivity index (χ1n) is 8.66. The number of aromatic nitrogens is 2. The van der Waals surface area contributed by atoms with E-state index >= 15 is 0 Å². The number of benzene rings is 2. The molecule has 2 N–H and O–H groups in total. The summed E-state index contributed by atoms with van der Waals surface area (Å²) in [7, 11) is 1.64. The van der Waals surface area contributed by atoms with Crippen molar-refractivity contribution < 1.29 is 4.79 Å². The molecule has 4 rings (SSSR count). The first-order chi connectivity index (χ1) is 12.7. The molecule has 0 bridgehead atoms. The van der Waals surface area contributed by atoms with Crippen LogP contribution in [0.2, 0.25) is 0 Å². The van der Waals surface area contributed by atoms with Crippen LogP contribution in [0, 0.1) is 0 Å². The zero-order chi connectivity index (χ0) is 18.1. The fraction of sp³-hybridized carbons (Fsp3) is 0.250. The van der Waals surface area contributed by atoms with Crippen LogP contribution in [-0.4, -0.2) is 33.9 Å². The minimum absolute atomic E-state index is 0.0447. The quantitative estimate of drug-likeness (QED) is 0.754. The molecule has 1 aromatic heterocycles. The van der Waals surface area contributed by atoms with Gasteiger partial charge in [0.1, 0.15) is 5.69 Å². The molecule has 1 amide bonds. The lowest BCUT2D eigenvalue weighted by Crippen LogP contribution is -2.49. The van der Waals surface area contributed by atoms with Gasteiger partial charge in [-0.05, 0) is 29.7 Å². The number of fused-ring (bicyclic) bond motifs is 2. The molecule has 0 aliphatic carbocycles. The van der Waals surface area contributed by atoms with E-state index in [-0.39, 0.29) is 17.5 Å². The van der Waals surface area contributed by atoms with Crippen LogP contribution in [0.4, 0.5) is 0 Å². The van der Waals surface area contributed by atoms with Crippen molar-refractivity contribution in [3.05, 3.63) is 75.7 Å². The number of nitrogens with zero attached hydrogens (tertiary/aromatic N) is 2. The van der Waals surface area contributed by atoms with E-state index in [2.05, 4.69) is 27.4 Å². The lowest BCUT2D eigenvalue weighted by molar-refractivity contribution is -0.126. The lowest BCUT2D eigenvalue weighted by atomic mass is 9.93. The van der Waals surface area contributed by atoms with Crippen LogP contribution in [0.15, 0.2) is 53.3 Å². The highest BCUT2D eigenvalue weighted by Gasteiger charge is 2.31. The predicted octanol–water partition coefficient (Wildman–Crippen LogP) is 1.60. The molecule has 0 spiro atoms. The average Bonchev–Trinajstić information content (AvgIpc) is 2.67. The Kier molecular flexibility index (Phi) is 4.26. The normalized spacial score (nSPS) is 17.0. The largest absolute Gasteiger partial charge is 0.358 e. The number of likely N-dealkylation sites (N-methyl/N-ethyl adjacent to an activating group) is 1. The van der Waals surface area contributed by atoms with Crippen molar-refractivity contribution in [3.63, 3.8) is 0 Å². The van der Waals surface area contributed by atoms with Gasteiger partial charge in [-0.1, -0.05) is 36.4 Å². The summed E-state index contributed by atoms with van der Waals surface area (Å²) in [6.07, 6.45) is 0.626. The van der Waals surface area contributed by atoms with Crippen LogP contribution in [0.5, 0.6) is 0 Å². The monoisotopic (exact) mass is 348 g/mol. The third-order valence-electron chi connectivity index (χ3n) is 4.92. The third kappa shape index (κ3) is 2.99. The number of hydrogen-bond donors (Lipinski definition) is 2. The Hall–Kier alpha value is -2.99. The molecule has 1 atom stereocenters. The van der Waals surface area contributed by atoms with E-state index in [1.165, 1.54) is 11.1 Å². The zero-order valence-electron chi connectivity index (χ0n) is 14.5. The van der Waals surface area contributed by atoms with Gasteiger partial charge >= 0.3 is 0 Å². The maximum Gasteiger partial charge on any atom is 0.271 e. The molecule has 26 heavy (non-hydrogen) atoms. The van der Waals surface area contributed by atoms with Gasteiger partial charge in [-0.3, -0.25) is 14.5 Å². The van der Waals surface area contributed by atoms with Crippen molar-refractivity contribution in [1.82, 2.24) is 20.2 Å². The molecule has 1 aliphatic heterocycles. The van der Waals surface area contributed by atoms with Crippen molar-refractivity contribution in [2.45, 2.75) is 25.6 Å². The van der Waals surface area contributed by atoms with E-state index in [0.717, 1.165) is 5.52 Å². The van der Waals surface area contributed by atoms with Crippen LogP contribution in [-0.2, 0) is 24.3 Å². The number of hydrogen-bond acceptors (Lipinski definition) is 4. The molecule has 2 heterocycles. The maximum atomic E-state index is 12.5. The van der Waals surface area contributed by atoms with Crippen LogP contribution in [0.3, 0.4) is 0 Å².